The Balaban J connectivity index is 1.58. The van der Waals surface area contributed by atoms with Gasteiger partial charge in [-0.25, -0.2) is 15.0 Å². The van der Waals surface area contributed by atoms with Crippen molar-refractivity contribution in [2.24, 2.45) is 0 Å². The second-order valence-electron chi connectivity index (χ2n) is 5.49. The molecule has 1 aliphatic heterocycles. The lowest BCUT2D eigenvalue weighted by Crippen LogP contribution is -2.20. The van der Waals surface area contributed by atoms with Crippen molar-refractivity contribution in [3.05, 3.63) is 48.1 Å². The van der Waals surface area contributed by atoms with Crippen LogP contribution in [0.4, 0.5) is 5.95 Å². The number of nitrogens with zero attached hydrogens (tertiary/aromatic N) is 4. The number of anilines is 1. The normalized spacial score (nSPS) is 15.5. The molecule has 0 unspecified atom stereocenters. The number of fused-ring (bicyclic) bond motifs is 1. The van der Waals surface area contributed by atoms with Crippen molar-refractivity contribution >= 4 is 39.8 Å². The van der Waals surface area contributed by atoms with Crippen LogP contribution in [0.3, 0.4) is 0 Å². The van der Waals surface area contributed by atoms with E-state index in [0.29, 0.717) is 10.9 Å². The highest BCUT2D eigenvalue weighted by atomic mass is 35.5. The summed E-state index contributed by atoms with van der Waals surface area (Å²) in [5.41, 5.74) is 2.32. The molecule has 0 saturated carbocycles. The smallest absolute Gasteiger partial charge is 0.238 e. The molecule has 0 radical (unpaired) electrons. The molecule has 1 aromatic carbocycles. The Kier molecular flexibility index (Phi) is 3.71. The van der Waals surface area contributed by atoms with Crippen molar-refractivity contribution in [2.75, 3.05) is 18.0 Å². The van der Waals surface area contributed by atoms with Gasteiger partial charge in [-0.1, -0.05) is 23.7 Å². The summed E-state index contributed by atoms with van der Waals surface area (Å²) in [5.74, 6) is 1.18. The molecular formula is C17H15ClN4O. The number of hydrogen-bond donors (Lipinski definition) is 0. The Hall–Kier alpha value is -2.40. The molecule has 3 heterocycles. The molecule has 0 N–H and O–H groups in total. The highest BCUT2D eigenvalue weighted by Crippen LogP contribution is 2.25. The molecule has 5 nitrogen and oxygen atoms in total. The van der Waals surface area contributed by atoms with Crippen LogP contribution in [-0.4, -0.2) is 28.0 Å². The van der Waals surface area contributed by atoms with E-state index in [1.807, 2.05) is 24.3 Å². The van der Waals surface area contributed by atoms with E-state index in [9.17, 15) is 0 Å². The van der Waals surface area contributed by atoms with Crippen molar-refractivity contribution in [3.63, 3.8) is 0 Å². The molecule has 3 aromatic rings. The van der Waals surface area contributed by atoms with Crippen LogP contribution >= 0.6 is 11.6 Å². The largest absolute Gasteiger partial charge is 0.435 e. The maximum Gasteiger partial charge on any atom is 0.238 e. The topological polar surface area (TPSA) is 55.1 Å². The summed E-state index contributed by atoms with van der Waals surface area (Å²) < 4.78 is 5.65. The van der Waals surface area contributed by atoms with Crippen molar-refractivity contribution < 1.29 is 4.42 Å². The van der Waals surface area contributed by atoms with E-state index in [1.165, 1.54) is 12.8 Å². The second-order valence-corrected chi connectivity index (χ2v) is 5.90. The number of para-hydroxylation sites is 2. The molecule has 0 amide bonds. The minimum atomic E-state index is 0.400. The molecule has 116 valence electrons. The van der Waals surface area contributed by atoms with Gasteiger partial charge in [0.25, 0.3) is 0 Å². The lowest BCUT2D eigenvalue weighted by molar-refractivity contribution is 0.588. The third kappa shape index (κ3) is 2.92. The van der Waals surface area contributed by atoms with E-state index in [2.05, 4.69) is 19.9 Å². The summed E-state index contributed by atoms with van der Waals surface area (Å²) >= 11 is 6.32. The Bertz CT molecular complexity index is 817. The summed E-state index contributed by atoms with van der Waals surface area (Å²) in [5, 5.41) is 0.429. The van der Waals surface area contributed by atoms with E-state index in [0.717, 1.165) is 35.7 Å². The van der Waals surface area contributed by atoms with Crippen molar-refractivity contribution in [2.45, 2.75) is 12.8 Å². The van der Waals surface area contributed by atoms with Gasteiger partial charge in [0, 0.05) is 31.0 Å². The van der Waals surface area contributed by atoms with Gasteiger partial charge in [0.05, 0.1) is 0 Å². The highest BCUT2D eigenvalue weighted by Gasteiger charge is 2.14. The van der Waals surface area contributed by atoms with Crippen LogP contribution < -0.4 is 4.90 Å². The summed E-state index contributed by atoms with van der Waals surface area (Å²) in [6, 6.07) is 7.57. The van der Waals surface area contributed by atoms with Gasteiger partial charge in [0.15, 0.2) is 5.58 Å². The van der Waals surface area contributed by atoms with Gasteiger partial charge in [-0.2, -0.15) is 0 Å². The minimum Gasteiger partial charge on any atom is -0.435 e. The molecule has 1 fully saturated rings. The first-order chi connectivity index (χ1) is 11.3. The number of halogens is 1. The van der Waals surface area contributed by atoms with E-state index >= 15 is 0 Å². The Labute approximate surface area is 138 Å². The molecule has 6 heteroatoms. The maximum atomic E-state index is 6.32. The van der Waals surface area contributed by atoms with E-state index in [4.69, 9.17) is 16.0 Å². The first-order valence-corrected chi connectivity index (χ1v) is 7.97. The average Bonchev–Trinajstić information content (AvgIpc) is 3.25. The molecule has 2 aromatic heterocycles. The van der Waals surface area contributed by atoms with E-state index in [1.54, 1.807) is 18.5 Å². The van der Waals surface area contributed by atoms with Crippen molar-refractivity contribution in [1.29, 1.82) is 0 Å². The number of aromatic nitrogens is 3. The van der Waals surface area contributed by atoms with Gasteiger partial charge in [-0.3, -0.25) is 0 Å². The molecule has 0 atom stereocenters. The Morgan fingerprint density at radius 2 is 1.87 bits per heavy atom. The number of rotatable bonds is 3. The summed E-state index contributed by atoms with van der Waals surface area (Å²) in [6.07, 6.45) is 7.71. The van der Waals surface area contributed by atoms with Crippen molar-refractivity contribution in [3.8, 4) is 0 Å². The Morgan fingerprint density at radius 1 is 1.13 bits per heavy atom. The number of hydrogen-bond acceptors (Lipinski definition) is 5. The lowest BCUT2D eigenvalue weighted by Gasteiger charge is -2.14. The molecule has 23 heavy (non-hydrogen) atoms. The Morgan fingerprint density at radius 3 is 2.61 bits per heavy atom. The number of oxazole rings is 1. The van der Waals surface area contributed by atoms with Gasteiger partial charge < -0.3 is 9.32 Å². The molecule has 0 bridgehead atoms. The van der Waals surface area contributed by atoms with Gasteiger partial charge in [0.1, 0.15) is 10.5 Å². The lowest BCUT2D eigenvalue weighted by atomic mass is 10.3. The minimum absolute atomic E-state index is 0.400. The standard InChI is InChI=1S/C17H15ClN4O/c18-13(16-21-14-5-1-2-6-15(14)23-16)9-12-10-19-17(20-11-12)22-7-3-4-8-22/h1-2,5-6,9-11H,3-4,7-8H2. The third-order valence-electron chi connectivity index (χ3n) is 3.84. The fourth-order valence-corrected chi connectivity index (χ4v) is 2.88. The van der Waals surface area contributed by atoms with Gasteiger partial charge in [-0.15, -0.1) is 0 Å². The van der Waals surface area contributed by atoms with Crippen LogP contribution in [0.1, 0.15) is 24.3 Å². The molecular weight excluding hydrogens is 312 g/mol. The zero-order valence-corrected chi connectivity index (χ0v) is 13.2. The van der Waals surface area contributed by atoms with Gasteiger partial charge >= 0.3 is 0 Å². The first kappa shape index (κ1) is 14.2. The zero-order valence-electron chi connectivity index (χ0n) is 12.4. The molecule has 4 rings (SSSR count). The first-order valence-electron chi connectivity index (χ1n) is 7.60. The maximum absolute atomic E-state index is 6.32. The second kappa shape index (κ2) is 6.01. The predicted molar refractivity (Wildman–Crippen MR) is 91.2 cm³/mol. The van der Waals surface area contributed by atoms with Crippen LogP contribution in [0.2, 0.25) is 0 Å². The summed E-state index contributed by atoms with van der Waals surface area (Å²) in [6.45, 7) is 2.05. The quantitative estimate of drug-likeness (QED) is 0.729. The monoisotopic (exact) mass is 326 g/mol. The van der Waals surface area contributed by atoms with Gasteiger partial charge in [-0.05, 0) is 31.1 Å². The SMILES string of the molecule is ClC(=Cc1cnc(N2CCCC2)nc1)c1nc2ccccc2o1. The predicted octanol–water partition coefficient (Wildman–Crippen LogP) is 3.95. The van der Waals surface area contributed by atoms with Crippen LogP contribution in [0.5, 0.6) is 0 Å². The van der Waals surface area contributed by atoms with Crippen molar-refractivity contribution in [1.82, 2.24) is 15.0 Å². The van der Waals surface area contributed by atoms with E-state index < -0.39 is 0 Å². The molecule has 0 spiro atoms. The molecule has 1 aliphatic rings. The van der Waals surface area contributed by atoms with E-state index in [-0.39, 0.29) is 0 Å². The van der Waals surface area contributed by atoms with Crippen LogP contribution in [0, 0.1) is 0 Å². The van der Waals surface area contributed by atoms with Crippen LogP contribution in [0.15, 0.2) is 41.1 Å². The summed E-state index contributed by atoms with van der Waals surface area (Å²) in [7, 11) is 0. The summed E-state index contributed by atoms with van der Waals surface area (Å²) in [4.78, 5) is 15.4. The fourth-order valence-electron chi connectivity index (χ4n) is 2.67. The van der Waals surface area contributed by atoms with Crippen LogP contribution in [0.25, 0.3) is 22.2 Å². The van der Waals surface area contributed by atoms with Gasteiger partial charge in [0.2, 0.25) is 11.8 Å². The fraction of sp³-hybridized carbons (Fsp3) is 0.235. The number of benzene rings is 1. The zero-order chi connectivity index (χ0) is 15.6. The third-order valence-corrected chi connectivity index (χ3v) is 4.11. The van der Waals surface area contributed by atoms with Crippen LogP contribution in [-0.2, 0) is 0 Å². The highest BCUT2D eigenvalue weighted by molar-refractivity contribution is 6.50. The molecule has 0 aliphatic carbocycles. The average molecular weight is 327 g/mol. The molecule has 1 saturated heterocycles.